The molecule has 3 N–H and O–H groups in total. The van der Waals surface area contributed by atoms with Gasteiger partial charge in [-0.05, 0) is 5.56 Å². The van der Waals surface area contributed by atoms with Crippen LogP contribution in [-0.2, 0) is 0 Å². The number of aromatic amines is 1. The fourth-order valence-electron chi connectivity index (χ4n) is 1.53. The Kier molecular flexibility index (Phi) is 2.42. The molecule has 1 fully saturated rings. The topological polar surface area (TPSA) is 56.9 Å². The molecule has 70 valence electrons. The van der Waals surface area contributed by atoms with Gasteiger partial charge < -0.3 is 15.6 Å². The molecule has 1 aliphatic heterocycles. The van der Waals surface area contributed by atoms with E-state index in [-0.39, 0.29) is 5.56 Å². The number of rotatable bonds is 1. The maximum absolute atomic E-state index is 10.8. The molecule has 0 aliphatic carbocycles. The van der Waals surface area contributed by atoms with Crippen LogP contribution in [0.25, 0.3) is 0 Å². The van der Waals surface area contributed by atoms with Crippen molar-refractivity contribution in [3.05, 3.63) is 34.2 Å². The lowest BCUT2D eigenvalue weighted by Gasteiger charge is -2.24. The van der Waals surface area contributed by atoms with Crippen LogP contribution < -0.4 is 16.2 Å². The van der Waals surface area contributed by atoms with E-state index in [0.29, 0.717) is 6.04 Å². The molecule has 1 aliphatic rings. The summed E-state index contributed by atoms with van der Waals surface area (Å²) in [6.45, 7) is 2.91. The fraction of sp³-hybridized carbons (Fsp3) is 0.444. The smallest absolute Gasteiger partial charge is 0.247 e. The molecule has 2 heterocycles. The van der Waals surface area contributed by atoms with Crippen LogP contribution in [0.1, 0.15) is 11.6 Å². The summed E-state index contributed by atoms with van der Waals surface area (Å²) >= 11 is 0. The van der Waals surface area contributed by atoms with E-state index in [4.69, 9.17) is 0 Å². The Morgan fingerprint density at radius 2 is 2.23 bits per heavy atom. The SMILES string of the molecule is O=c1ccc(C2CNCCN2)c[nH]1. The average Bonchev–Trinajstić information content (AvgIpc) is 2.20. The van der Waals surface area contributed by atoms with Gasteiger partial charge in [0.2, 0.25) is 5.56 Å². The lowest BCUT2D eigenvalue weighted by Crippen LogP contribution is -2.42. The normalized spacial score (nSPS) is 22.9. The first-order chi connectivity index (χ1) is 6.36. The van der Waals surface area contributed by atoms with Crippen LogP contribution in [0, 0.1) is 0 Å². The molecule has 0 saturated carbocycles. The van der Waals surface area contributed by atoms with Crippen molar-refractivity contribution in [2.24, 2.45) is 0 Å². The minimum Gasteiger partial charge on any atom is -0.329 e. The van der Waals surface area contributed by atoms with E-state index < -0.39 is 0 Å². The zero-order valence-corrected chi connectivity index (χ0v) is 7.34. The highest BCUT2D eigenvalue weighted by Gasteiger charge is 2.13. The molecular formula is C9H13N3O. The van der Waals surface area contributed by atoms with E-state index in [1.165, 1.54) is 0 Å². The maximum Gasteiger partial charge on any atom is 0.247 e. The van der Waals surface area contributed by atoms with Crippen LogP contribution in [0.3, 0.4) is 0 Å². The van der Waals surface area contributed by atoms with E-state index in [1.54, 1.807) is 12.3 Å². The Hall–Kier alpha value is -1.13. The second-order valence-electron chi connectivity index (χ2n) is 3.20. The van der Waals surface area contributed by atoms with Crippen LogP contribution in [0.2, 0.25) is 0 Å². The molecule has 2 rings (SSSR count). The number of piperazine rings is 1. The number of nitrogens with one attached hydrogen (secondary N) is 3. The highest BCUT2D eigenvalue weighted by molar-refractivity contribution is 5.14. The third-order valence-corrected chi connectivity index (χ3v) is 2.25. The van der Waals surface area contributed by atoms with Gasteiger partial charge >= 0.3 is 0 Å². The van der Waals surface area contributed by atoms with Gasteiger partial charge in [-0.3, -0.25) is 4.79 Å². The minimum atomic E-state index is -0.0486. The third-order valence-electron chi connectivity index (χ3n) is 2.25. The molecule has 0 spiro atoms. The zero-order chi connectivity index (χ0) is 9.10. The third kappa shape index (κ3) is 1.96. The van der Waals surface area contributed by atoms with Crippen LogP contribution in [-0.4, -0.2) is 24.6 Å². The van der Waals surface area contributed by atoms with Crippen molar-refractivity contribution in [3.63, 3.8) is 0 Å². The fourth-order valence-corrected chi connectivity index (χ4v) is 1.53. The molecule has 1 aromatic rings. The van der Waals surface area contributed by atoms with Gasteiger partial charge in [-0.1, -0.05) is 6.07 Å². The average molecular weight is 179 g/mol. The van der Waals surface area contributed by atoms with E-state index >= 15 is 0 Å². The van der Waals surface area contributed by atoms with E-state index in [9.17, 15) is 4.79 Å². The van der Waals surface area contributed by atoms with E-state index in [2.05, 4.69) is 15.6 Å². The van der Waals surface area contributed by atoms with Crippen molar-refractivity contribution in [3.8, 4) is 0 Å². The molecule has 1 saturated heterocycles. The summed E-state index contributed by atoms with van der Waals surface area (Å²) in [7, 11) is 0. The first-order valence-corrected chi connectivity index (χ1v) is 4.49. The molecule has 1 unspecified atom stereocenters. The monoisotopic (exact) mass is 179 g/mol. The summed E-state index contributed by atoms with van der Waals surface area (Å²) in [6, 6.07) is 3.75. The summed E-state index contributed by atoms with van der Waals surface area (Å²) in [6.07, 6.45) is 1.77. The van der Waals surface area contributed by atoms with Gasteiger partial charge in [0.1, 0.15) is 0 Å². The molecule has 4 nitrogen and oxygen atoms in total. The number of hydrogen-bond donors (Lipinski definition) is 3. The molecule has 4 heteroatoms. The second-order valence-corrected chi connectivity index (χ2v) is 3.20. The summed E-state index contributed by atoms with van der Waals surface area (Å²) in [5.41, 5.74) is 1.08. The highest BCUT2D eigenvalue weighted by Crippen LogP contribution is 2.09. The predicted molar refractivity (Wildman–Crippen MR) is 50.7 cm³/mol. The maximum atomic E-state index is 10.8. The van der Waals surface area contributed by atoms with Crippen LogP contribution in [0.4, 0.5) is 0 Å². The van der Waals surface area contributed by atoms with Gasteiger partial charge in [0.25, 0.3) is 0 Å². The number of pyridine rings is 1. The van der Waals surface area contributed by atoms with Gasteiger partial charge in [-0.15, -0.1) is 0 Å². The second kappa shape index (κ2) is 3.72. The molecule has 0 amide bonds. The van der Waals surface area contributed by atoms with Crippen LogP contribution in [0.5, 0.6) is 0 Å². The Labute approximate surface area is 76.4 Å². The van der Waals surface area contributed by atoms with Gasteiger partial charge in [0.05, 0.1) is 0 Å². The molecule has 0 bridgehead atoms. The largest absolute Gasteiger partial charge is 0.329 e. The lowest BCUT2D eigenvalue weighted by atomic mass is 10.1. The van der Waals surface area contributed by atoms with Crippen molar-refractivity contribution >= 4 is 0 Å². The quantitative estimate of drug-likeness (QED) is 0.550. The van der Waals surface area contributed by atoms with Crippen LogP contribution >= 0.6 is 0 Å². The van der Waals surface area contributed by atoms with Crippen molar-refractivity contribution in [2.45, 2.75) is 6.04 Å². The van der Waals surface area contributed by atoms with Gasteiger partial charge in [-0.2, -0.15) is 0 Å². The van der Waals surface area contributed by atoms with Crippen LogP contribution in [0.15, 0.2) is 23.1 Å². The van der Waals surface area contributed by atoms with E-state index in [0.717, 1.165) is 25.2 Å². The number of hydrogen-bond acceptors (Lipinski definition) is 3. The number of aromatic nitrogens is 1. The molecule has 1 atom stereocenters. The number of H-pyrrole nitrogens is 1. The van der Waals surface area contributed by atoms with Gasteiger partial charge in [0.15, 0.2) is 0 Å². The first kappa shape index (κ1) is 8.47. The standard InChI is InChI=1S/C9H13N3O/c13-9-2-1-7(5-12-9)8-6-10-3-4-11-8/h1-2,5,8,10-11H,3-4,6H2,(H,12,13). The highest BCUT2D eigenvalue weighted by atomic mass is 16.1. The first-order valence-electron chi connectivity index (χ1n) is 4.49. The van der Waals surface area contributed by atoms with Crippen molar-refractivity contribution in [1.29, 1.82) is 0 Å². The van der Waals surface area contributed by atoms with Gasteiger partial charge in [0, 0.05) is 37.9 Å². The summed E-state index contributed by atoms with van der Waals surface area (Å²) in [5.74, 6) is 0. The summed E-state index contributed by atoms with van der Waals surface area (Å²) in [5, 5.41) is 6.66. The van der Waals surface area contributed by atoms with Crippen molar-refractivity contribution < 1.29 is 0 Å². The van der Waals surface area contributed by atoms with Gasteiger partial charge in [-0.25, -0.2) is 0 Å². The lowest BCUT2D eigenvalue weighted by molar-refractivity contribution is 0.429. The van der Waals surface area contributed by atoms with Crippen molar-refractivity contribution in [2.75, 3.05) is 19.6 Å². The molecule has 13 heavy (non-hydrogen) atoms. The molecule has 0 aromatic carbocycles. The van der Waals surface area contributed by atoms with E-state index in [1.807, 2.05) is 6.07 Å². The molecule has 0 radical (unpaired) electrons. The zero-order valence-electron chi connectivity index (χ0n) is 7.34. The van der Waals surface area contributed by atoms with Crippen molar-refractivity contribution in [1.82, 2.24) is 15.6 Å². The Balaban J connectivity index is 2.14. The Morgan fingerprint density at radius 1 is 1.31 bits per heavy atom. The predicted octanol–water partition coefficient (Wildman–Crippen LogP) is -0.391. The molecule has 1 aromatic heterocycles. The Morgan fingerprint density at radius 3 is 2.85 bits per heavy atom. The molecular weight excluding hydrogens is 166 g/mol. The Bertz CT molecular complexity index is 307. The summed E-state index contributed by atoms with van der Waals surface area (Å²) in [4.78, 5) is 13.5. The summed E-state index contributed by atoms with van der Waals surface area (Å²) < 4.78 is 0. The minimum absolute atomic E-state index is 0.0486.